The van der Waals surface area contributed by atoms with Gasteiger partial charge in [0.25, 0.3) is 0 Å². The summed E-state index contributed by atoms with van der Waals surface area (Å²) in [4.78, 5) is 12.3. The molecule has 132 valence electrons. The van der Waals surface area contributed by atoms with Crippen LogP contribution in [0.2, 0.25) is 0 Å². The first-order valence-corrected chi connectivity index (χ1v) is 7.44. The lowest BCUT2D eigenvalue weighted by atomic mass is 10.1. The van der Waals surface area contributed by atoms with Crippen LogP contribution < -0.4 is 18.9 Å². The number of phenolic OH excluding ortho intramolecular Hbond substituents is 1. The topological polar surface area (TPSA) is 74.2 Å². The molecule has 6 heteroatoms. The van der Waals surface area contributed by atoms with Gasteiger partial charge in [0.15, 0.2) is 17.3 Å². The number of hydrogen-bond donors (Lipinski definition) is 1. The predicted octanol–water partition coefficient (Wildman–Crippen LogP) is 3.32. The van der Waals surface area contributed by atoms with Gasteiger partial charge >= 0.3 is 0 Å². The van der Waals surface area contributed by atoms with Crippen LogP contribution in [-0.2, 0) is 0 Å². The molecule has 0 amide bonds. The molecule has 0 aromatic heterocycles. The summed E-state index contributed by atoms with van der Waals surface area (Å²) in [5.74, 6) is 1.29. The minimum atomic E-state index is -0.223. The highest BCUT2D eigenvalue weighted by Gasteiger charge is 2.19. The van der Waals surface area contributed by atoms with Crippen molar-refractivity contribution in [1.29, 1.82) is 0 Å². The van der Waals surface area contributed by atoms with E-state index in [2.05, 4.69) is 0 Å². The predicted molar refractivity (Wildman–Crippen MR) is 94.1 cm³/mol. The second-order valence-corrected chi connectivity index (χ2v) is 5.00. The quantitative estimate of drug-likeness (QED) is 0.613. The third-order valence-electron chi connectivity index (χ3n) is 3.62. The number of carbonyl (C=O) groups excluding carboxylic acids is 1. The normalized spacial score (nSPS) is 10.6. The Morgan fingerprint density at radius 3 is 2.08 bits per heavy atom. The number of phenols is 1. The number of allylic oxidation sites excluding steroid dienone is 1. The van der Waals surface area contributed by atoms with Crippen LogP contribution in [0.4, 0.5) is 0 Å². The molecule has 0 saturated heterocycles. The summed E-state index contributed by atoms with van der Waals surface area (Å²) in [6, 6.07) is 8.14. The molecule has 0 saturated carbocycles. The maximum atomic E-state index is 12.3. The van der Waals surface area contributed by atoms with Crippen molar-refractivity contribution in [3.63, 3.8) is 0 Å². The van der Waals surface area contributed by atoms with E-state index in [4.69, 9.17) is 18.9 Å². The number of hydrogen-bond acceptors (Lipinski definition) is 6. The maximum Gasteiger partial charge on any atom is 0.204 e. The van der Waals surface area contributed by atoms with E-state index in [1.54, 1.807) is 31.4 Å². The molecular formula is C19H20O6. The fourth-order valence-electron chi connectivity index (χ4n) is 2.34. The highest BCUT2D eigenvalue weighted by molar-refractivity contribution is 6.07. The van der Waals surface area contributed by atoms with E-state index in [1.807, 2.05) is 0 Å². The van der Waals surface area contributed by atoms with Gasteiger partial charge in [0.1, 0.15) is 11.5 Å². The molecule has 6 nitrogen and oxygen atoms in total. The zero-order valence-electron chi connectivity index (χ0n) is 14.5. The molecule has 0 bridgehead atoms. The molecule has 0 radical (unpaired) electrons. The number of carbonyl (C=O) groups is 1. The van der Waals surface area contributed by atoms with E-state index in [0.717, 1.165) is 0 Å². The van der Waals surface area contributed by atoms with E-state index in [-0.39, 0.29) is 17.3 Å². The first-order chi connectivity index (χ1) is 12.0. The number of methoxy groups -OCH3 is 4. The Kier molecular flexibility index (Phi) is 5.89. The summed E-state index contributed by atoms with van der Waals surface area (Å²) < 4.78 is 20.8. The van der Waals surface area contributed by atoms with Gasteiger partial charge in [-0.15, -0.1) is 0 Å². The van der Waals surface area contributed by atoms with Gasteiger partial charge in [-0.3, -0.25) is 4.79 Å². The molecule has 0 aliphatic carbocycles. The molecule has 0 fully saturated rings. The highest BCUT2D eigenvalue weighted by atomic mass is 16.5. The van der Waals surface area contributed by atoms with Gasteiger partial charge < -0.3 is 24.1 Å². The zero-order valence-corrected chi connectivity index (χ0v) is 14.5. The van der Waals surface area contributed by atoms with Gasteiger partial charge in [-0.1, -0.05) is 0 Å². The fraction of sp³-hybridized carbons (Fsp3) is 0.211. The molecule has 1 N–H and O–H groups in total. The summed E-state index contributed by atoms with van der Waals surface area (Å²) in [6.45, 7) is 0. The monoisotopic (exact) mass is 344 g/mol. The number of aromatic hydroxyl groups is 1. The Hall–Kier alpha value is -3.15. The Labute approximate surface area is 146 Å². The minimum absolute atomic E-state index is 0.0896. The molecule has 2 aromatic rings. The SMILES string of the molecule is COc1ccc(C(=O)C=Cc2c(O)cc(OC)c(OC)c2OC)cc1. The Balaban J connectivity index is 2.37. The Bertz CT molecular complexity index is 777. The first kappa shape index (κ1) is 18.2. The molecule has 0 aliphatic rings. The van der Waals surface area contributed by atoms with Gasteiger partial charge in [-0.05, 0) is 36.4 Å². The van der Waals surface area contributed by atoms with Crippen LogP contribution >= 0.6 is 0 Å². The third-order valence-corrected chi connectivity index (χ3v) is 3.62. The van der Waals surface area contributed by atoms with Crippen molar-refractivity contribution in [2.45, 2.75) is 0 Å². The maximum absolute atomic E-state index is 12.3. The summed E-state index contributed by atoms with van der Waals surface area (Å²) >= 11 is 0. The molecule has 0 spiro atoms. The first-order valence-electron chi connectivity index (χ1n) is 7.44. The molecule has 2 aromatic carbocycles. The van der Waals surface area contributed by atoms with Crippen molar-refractivity contribution in [3.05, 3.63) is 47.5 Å². The van der Waals surface area contributed by atoms with E-state index in [1.165, 1.54) is 39.5 Å². The summed E-state index contributed by atoms with van der Waals surface area (Å²) in [5, 5.41) is 10.2. The highest BCUT2D eigenvalue weighted by Crippen LogP contribution is 2.45. The summed E-state index contributed by atoms with van der Waals surface area (Å²) in [7, 11) is 5.93. The average molecular weight is 344 g/mol. The largest absolute Gasteiger partial charge is 0.507 e. The average Bonchev–Trinajstić information content (AvgIpc) is 2.65. The smallest absolute Gasteiger partial charge is 0.204 e. The molecule has 0 aliphatic heterocycles. The standard InChI is InChI=1S/C19H20O6/c1-22-13-7-5-12(6-8-13)15(20)10-9-14-16(21)11-17(23-2)19(25-4)18(14)24-3/h5-11,21H,1-4H3. The van der Waals surface area contributed by atoms with Crippen LogP contribution in [0.3, 0.4) is 0 Å². The Morgan fingerprint density at radius 2 is 1.56 bits per heavy atom. The molecule has 0 heterocycles. The molecule has 0 unspecified atom stereocenters. The van der Waals surface area contributed by atoms with Crippen LogP contribution in [0.15, 0.2) is 36.4 Å². The lowest BCUT2D eigenvalue weighted by Gasteiger charge is -2.15. The van der Waals surface area contributed by atoms with E-state index >= 15 is 0 Å². The van der Waals surface area contributed by atoms with Crippen molar-refractivity contribution in [2.75, 3.05) is 28.4 Å². The Morgan fingerprint density at radius 1 is 0.920 bits per heavy atom. The van der Waals surface area contributed by atoms with E-state index < -0.39 is 0 Å². The summed E-state index contributed by atoms with van der Waals surface area (Å²) in [6.07, 6.45) is 2.83. The number of ether oxygens (including phenoxy) is 4. The lowest BCUT2D eigenvalue weighted by molar-refractivity contribution is 0.104. The number of benzene rings is 2. The van der Waals surface area contributed by atoms with Gasteiger partial charge in [0.2, 0.25) is 5.75 Å². The van der Waals surface area contributed by atoms with E-state index in [9.17, 15) is 9.90 Å². The third kappa shape index (κ3) is 3.85. The van der Waals surface area contributed by atoms with Crippen LogP contribution in [0.5, 0.6) is 28.7 Å². The van der Waals surface area contributed by atoms with Gasteiger partial charge in [0, 0.05) is 11.6 Å². The molecule has 25 heavy (non-hydrogen) atoms. The van der Waals surface area contributed by atoms with Gasteiger partial charge in [0.05, 0.1) is 34.0 Å². The molecule has 0 atom stereocenters. The number of ketones is 1. The van der Waals surface area contributed by atoms with Crippen LogP contribution in [-0.4, -0.2) is 39.3 Å². The zero-order chi connectivity index (χ0) is 18.4. The summed E-state index contributed by atoms with van der Waals surface area (Å²) in [5.41, 5.74) is 0.818. The van der Waals surface area contributed by atoms with Crippen molar-refractivity contribution < 1.29 is 28.8 Å². The van der Waals surface area contributed by atoms with Crippen LogP contribution in [0, 0.1) is 0 Å². The van der Waals surface area contributed by atoms with Crippen molar-refractivity contribution in [1.82, 2.24) is 0 Å². The molecular weight excluding hydrogens is 324 g/mol. The second kappa shape index (κ2) is 8.10. The van der Waals surface area contributed by atoms with Gasteiger partial charge in [-0.2, -0.15) is 0 Å². The van der Waals surface area contributed by atoms with Gasteiger partial charge in [-0.25, -0.2) is 0 Å². The second-order valence-electron chi connectivity index (χ2n) is 5.00. The van der Waals surface area contributed by atoms with Crippen molar-refractivity contribution in [2.24, 2.45) is 0 Å². The van der Waals surface area contributed by atoms with Crippen LogP contribution in [0.1, 0.15) is 15.9 Å². The fourth-order valence-corrected chi connectivity index (χ4v) is 2.34. The lowest BCUT2D eigenvalue weighted by Crippen LogP contribution is -1.98. The molecule has 2 rings (SSSR count). The number of rotatable bonds is 7. The van der Waals surface area contributed by atoms with Crippen molar-refractivity contribution >= 4 is 11.9 Å². The van der Waals surface area contributed by atoms with E-state index in [0.29, 0.717) is 28.4 Å². The minimum Gasteiger partial charge on any atom is -0.507 e. The van der Waals surface area contributed by atoms with Crippen LogP contribution in [0.25, 0.3) is 6.08 Å². The van der Waals surface area contributed by atoms with Crippen molar-refractivity contribution in [3.8, 4) is 28.7 Å².